The van der Waals surface area contributed by atoms with Crippen LogP contribution in [0.2, 0.25) is 0 Å². The number of ether oxygens (including phenoxy) is 2. The lowest BCUT2D eigenvalue weighted by molar-refractivity contribution is -0.133. The van der Waals surface area contributed by atoms with E-state index >= 15 is 0 Å². The minimum Gasteiger partial charge on any atom is -0.497 e. The number of aliphatic hydroxyl groups is 1. The Morgan fingerprint density at radius 3 is 2.43 bits per heavy atom. The molecule has 1 amide bonds. The van der Waals surface area contributed by atoms with Gasteiger partial charge in [0.25, 0.3) is 0 Å². The monoisotopic (exact) mass is 295 g/mol. The van der Waals surface area contributed by atoms with Gasteiger partial charge in [-0.3, -0.25) is 4.79 Å². The van der Waals surface area contributed by atoms with Gasteiger partial charge in [0.1, 0.15) is 11.5 Å². The maximum absolute atomic E-state index is 12.4. The van der Waals surface area contributed by atoms with Crippen molar-refractivity contribution in [1.29, 1.82) is 0 Å². The van der Waals surface area contributed by atoms with E-state index in [0.29, 0.717) is 24.6 Å². The molecule has 0 unspecified atom stereocenters. The zero-order chi connectivity index (χ0) is 16.0. The number of rotatable bonds is 7. The summed E-state index contributed by atoms with van der Waals surface area (Å²) in [7, 11) is 3.15. The Labute approximate surface area is 126 Å². The maximum Gasteiger partial charge on any atom is 0.227 e. The highest BCUT2D eigenvalue weighted by Gasteiger charge is 2.22. The number of nitrogens with zero attached hydrogens (tertiary/aromatic N) is 1. The zero-order valence-corrected chi connectivity index (χ0v) is 13.5. The second kappa shape index (κ2) is 7.31. The fourth-order valence-electron chi connectivity index (χ4n) is 2.12. The van der Waals surface area contributed by atoms with Crippen molar-refractivity contribution < 1.29 is 19.4 Å². The third-order valence-electron chi connectivity index (χ3n) is 3.15. The van der Waals surface area contributed by atoms with Gasteiger partial charge >= 0.3 is 0 Å². The number of hydrogen-bond acceptors (Lipinski definition) is 4. The standard InChI is InChI=1S/C16H25NO4/c1-6-17(11-16(2,3)19)15(18)9-12-7-8-13(20-4)10-14(12)21-5/h7-8,10,19H,6,9,11H2,1-5H3. The Morgan fingerprint density at radius 1 is 1.29 bits per heavy atom. The SMILES string of the molecule is CCN(CC(C)(C)O)C(=O)Cc1ccc(OC)cc1OC. The van der Waals surface area contributed by atoms with Crippen molar-refractivity contribution in [3.63, 3.8) is 0 Å². The average molecular weight is 295 g/mol. The predicted molar refractivity (Wildman–Crippen MR) is 81.8 cm³/mol. The maximum atomic E-state index is 12.4. The molecule has 0 aliphatic rings. The summed E-state index contributed by atoms with van der Waals surface area (Å²) >= 11 is 0. The van der Waals surface area contributed by atoms with Crippen molar-refractivity contribution in [1.82, 2.24) is 4.90 Å². The lowest BCUT2D eigenvalue weighted by atomic mass is 10.1. The largest absolute Gasteiger partial charge is 0.497 e. The first-order valence-corrected chi connectivity index (χ1v) is 7.01. The molecular formula is C16H25NO4. The van der Waals surface area contributed by atoms with E-state index in [0.717, 1.165) is 5.56 Å². The average Bonchev–Trinajstić information content (AvgIpc) is 2.44. The molecule has 0 bridgehead atoms. The summed E-state index contributed by atoms with van der Waals surface area (Å²) in [6, 6.07) is 5.39. The molecule has 1 rings (SSSR count). The number of methoxy groups -OCH3 is 2. The highest BCUT2D eigenvalue weighted by atomic mass is 16.5. The predicted octanol–water partition coefficient (Wildman–Crippen LogP) is 1.87. The minimum absolute atomic E-state index is 0.0388. The second-order valence-corrected chi connectivity index (χ2v) is 5.57. The smallest absolute Gasteiger partial charge is 0.227 e. The Bertz CT molecular complexity index is 480. The van der Waals surface area contributed by atoms with Crippen molar-refractivity contribution >= 4 is 5.91 Å². The fourth-order valence-corrected chi connectivity index (χ4v) is 2.12. The van der Waals surface area contributed by atoms with E-state index in [4.69, 9.17) is 9.47 Å². The van der Waals surface area contributed by atoms with Gasteiger partial charge in [0.05, 0.1) is 26.2 Å². The molecule has 1 N–H and O–H groups in total. The summed E-state index contributed by atoms with van der Waals surface area (Å²) in [5, 5.41) is 9.87. The number of carbonyl (C=O) groups excluding carboxylic acids is 1. The van der Waals surface area contributed by atoms with Crippen LogP contribution in [0.5, 0.6) is 11.5 Å². The first-order chi connectivity index (χ1) is 9.80. The van der Waals surface area contributed by atoms with Gasteiger partial charge < -0.3 is 19.5 Å². The van der Waals surface area contributed by atoms with E-state index in [1.54, 1.807) is 45.1 Å². The van der Waals surface area contributed by atoms with Crippen molar-refractivity contribution in [3.05, 3.63) is 23.8 Å². The molecule has 5 heteroatoms. The van der Waals surface area contributed by atoms with Crippen LogP contribution >= 0.6 is 0 Å². The third-order valence-corrected chi connectivity index (χ3v) is 3.15. The van der Waals surface area contributed by atoms with Crippen LogP contribution in [0.1, 0.15) is 26.3 Å². The van der Waals surface area contributed by atoms with E-state index in [9.17, 15) is 9.90 Å². The van der Waals surface area contributed by atoms with Crippen molar-refractivity contribution in [2.45, 2.75) is 32.8 Å². The van der Waals surface area contributed by atoms with Crippen LogP contribution in [0.4, 0.5) is 0 Å². The van der Waals surface area contributed by atoms with E-state index in [2.05, 4.69) is 0 Å². The van der Waals surface area contributed by atoms with Gasteiger partial charge in [-0.05, 0) is 26.8 Å². The molecule has 0 aliphatic carbocycles. The molecule has 0 fully saturated rings. The van der Waals surface area contributed by atoms with E-state index < -0.39 is 5.60 Å². The highest BCUT2D eigenvalue weighted by molar-refractivity contribution is 5.79. The number of carbonyl (C=O) groups is 1. The van der Waals surface area contributed by atoms with Gasteiger partial charge in [-0.25, -0.2) is 0 Å². The second-order valence-electron chi connectivity index (χ2n) is 5.57. The van der Waals surface area contributed by atoms with Crippen LogP contribution < -0.4 is 9.47 Å². The van der Waals surface area contributed by atoms with Crippen molar-refractivity contribution in [2.75, 3.05) is 27.3 Å². The molecule has 1 aromatic rings. The van der Waals surface area contributed by atoms with Gasteiger partial charge in [-0.15, -0.1) is 0 Å². The van der Waals surface area contributed by atoms with Crippen LogP contribution in [-0.4, -0.2) is 48.8 Å². The molecule has 1 aromatic carbocycles. The molecule has 118 valence electrons. The molecule has 0 saturated heterocycles. The Morgan fingerprint density at radius 2 is 1.95 bits per heavy atom. The topological polar surface area (TPSA) is 59.0 Å². The molecular weight excluding hydrogens is 270 g/mol. The lowest BCUT2D eigenvalue weighted by Crippen LogP contribution is -2.42. The number of amides is 1. The lowest BCUT2D eigenvalue weighted by Gasteiger charge is -2.28. The van der Waals surface area contributed by atoms with Crippen LogP contribution in [-0.2, 0) is 11.2 Å². The molecule has 21 heavy (non-hydrogen) atoms. The van der Waals surface area contributed by atoms with E-state index in [1.807, 2.05) is 13.0 Å². The van der Waals surface area contributed by atoms with Gasteiger partial charge in [0, 0.05) is 24.7 Å². The minimum atomic E-state index is -0.907. The number of hydrogen-bond donors (Lipinski definition) is 1. The van der Waals surface area contributed by atoms with Crippen LogP contribution in [0, 0.1) is 0 Å². The van der Waals surface area contributed by atoms with Crippen LogP contribution in [0.3, 0.4) is 0 Å². The first-order valence-electron chi connectivity index (χ1n) is 7.01. The molecule has 0 radical (unpaired) electrons. The van der Waals surface area contributed by atoms with Gasteiger partial charge in [-0.2, -0.15) is 0 Å². The molecule has 0 aliphatic heterocycles. The zero-order valence-electron chi connectivity index (χ0n) is 13.5. The number of likely N-dealkylation sites (N-methyl/N-ethyl adjacent to an activating group) is 1. The Kier molecular flexibility index (Phi) is 6.03. The fraction of sp³-hybridized carbons (Fsp3) is 0.562. The van der Waals surface area contributed by atoms with Crippen LogP contribution in [0.25, 0.3) is 0 Å². The Hall–Kier alpha value is -1.75. The summed E-state index contributed by atoms with van der Waals surface area (Å²) < 4.78 is 10.4. The molecule has 0 saturated carbocycles. The van der Waals surface area contributed by atoms with Crippen LogP contribution in [0.15, 0.2) is 18.2 Å². The quantitative estimate of drug-likeness (QED) is 0.834. The number of benzene rings is 1. The summed E-state index contributed by atoms with van der Waals surface area (Å²) in [5.41, 5.74) is -0.104. The van der Waals surface area contributed by atoms with Gasteiger partial charge in [0.15, 0.2) is 0 Å². The molecule has 0 aromatic heterocycles. The molecule has 0 heterocycles. The molecule has 0 spiro atoms. The van der Waals surface area contributed by atoms with Crippen molar-refractivity contribution in [2.24, 2.45) is 0 Å². The highest BCUT2D eigenvalue weighted by Crippen LogP contribution is 2.25. The van der Waals surface area contributed by atoms with E-state index in [1.165, 1.54) is 0 Å². The molecule has 0 atom stereocenters. The third kappa shape index (κ3) is 5.27. The normalized spacial score (nSPS) is 11.1. The first kappa shape index (κ1) is 17.3. The summed E-state index contributed by atoms with van der Waals surface area (Å²) in [5.74, 6) is 1.27. The van der Waals surface area contributed by atoms with E-state index in [-0.39, 0.29) is 12.3 Å². The van der Waals surface area contributed by atoms with Gasteiger partial charge in [-0.1, -0.05) is 6.07 Å². The summed E-state index contributed by atoms with van der Waals surface area (Å²) in [6.45, 7) is 6.14. The summed E-state index contributed by atoms with van der Waals surface area (Å²) in [4.78, 5) is 14.0. The summed E-state index contributed by atoms with van der Waals surface area (Å²) in [6.07, 6.45) is 0.233. The van der Waals surface area contributed by atoms with Crippen molar-refractivity contribution in [3.8, 4) is 11.5 Å². The van der Waals surface area contributed by atoms with Gasteiger partial charge in [0.2, 0.25) is 5.91 Å². The molecule has 5 nitrogen and oxygen atoms in total. The Balaban J connectivity index is 2.86.